The smallest absolute Gasteiger partial charge is 0.282 e. The molecule has 6 nitrogen and oxygen atoms in total. The van der Waals surface area contributed by atoms with Crippen LogP contribution in [0, 0.1) is 0 Å². The molecule has 8 aromatic rings. The maximum Gasteiger partial charge on any atom is 0.282 e. The maximum atomic E-state index is 14.5. The van der Waals surface area contributed by atoms with Crippen molar-refractivity contribution in [1.29, 1.82) is 0 Å². The fourth-order valence-corrected chi connectivity index (χ4v) is 5.72. The molecule has 0 saturated heterocycles. The van der Waals surface area contributed by atoms with Crippen molar-refractivity contribution in [3.63, 3.8) is 0 Å². The molecule has 0 aliphatic heterocycles. The molecule has 0 aliphatic carbocycles. The number of hydrogen-bond donors (Lipinski definition) is 0. The molecule has 6 heteroatoms. The Balaban J connectivity index is 1.47. The van der Waals surface area contributed by atoms with Gasteiger partial charge in [-0.15, -0.1) is 0 Å². The van der Waals surface area contributed by atoms with Gasteiger partial charge in [0, 0.05) is 11.1 Å². The Morgan fingerprint density at radius 2 is 0.909 bits per heavy atom. The fourth-order valence-electron chi connectivity index (χ4n) is 5.72. The molecule has 3 aromatic heterocycles. The van der Waals surface area contributed by atoms with Gasteiger partial charge < -0.3 is 4.40 Å². The van der Waals surface area contributed by atoms with Gasteiger partial charge in [0.15, 0.2) is 11.6 Å². The van der Waals surface area contributed by atoms with Crippen LogP contribution < -0.4 is 5.56 Å². The molecule has 208 valence electrons. The molecule has 8 rings (SSSR count). The minimum atomic E-state index is -0.212. The molecule has 0 saturated carbocycles. The molecule has 0 unspecified atom stereocenters. The fraction of sp³-hybridized carbons (Fsp3) is 0. The van der Waals surface area contributed by atoms with E-state index in [0.29, 0.717) is 22.7 Å². The van der Waals surface area contributed by atoms with Crippen LogP contribution in [0.2, 0.25) is 0 Å². The largest absolute Gasteiger partial charge is 0.303 e. The molecule has 0 aliphatic rings. The summed E-state index contributed by atoms with van der Waals surface area (Å²) in [5.74, 6) is 1.26. The molecule has 0 atom stereocenters. The van der Waals surface area contributed by atoms with Crippen molar-refractivity contribution >= 4 is 16.6 Å². The average Bonchev–Trinajstić information content (AvgIpc) is 3.56. The summed E-state index contributed by atoms with van der Waals surface area (Å²) in [6, 6.07) is 50.0. The van der Waals surface area contributed by atoms with Crippen LogP contribution in [0.4, 0.5) is 0 Å². The Labute approximate surface area is 253 Å². The predicted molar refractivity (Wildman–Crippen MR) is 176 cm³/mol. The second-order valence-electron chi connectivity index (χ2n) is 10.5. The zero-order valence-corrected chi connectivity index (χ0v) is 23.6. The predicted octanol–water partition coefficient (Wildman–Crippen LogP) is 8.10. The standard InChI is InChI=1S/C38H25N5O/c44-37-33-24-23-31(27-15-7-2-8-16-27)42(33)34-25-30(26-13-5-1-6-14-26)21-22-32(34)43(37)38-40-35(28-17-9-3-10-18-28)39-36(41-38)29-19-11-4-12-20-29/h1-25H. The highest BCUT2D eigenvalue weighted by Crippen LogP contribution is 2.30. The third kappa shape index (κ3) is 4.37. The molecule has 0 amide bonds. The van der Waals surface area contributed by atoms with E-state index < -0.39 is 0 Å². The highest BCUT2D eigenvalue weighted by atomic mass is 16.1. The number of nitrogens with zero attached hydrogens (tertiary/aromatic N) is 5. The third-order valence-electron chi connectivity index (χ3n) is 7.82. The van der Waals surface area contributed by atoms with E-state index in [-0.39, 0.29) is 11.5 Å². The molecule has 0 radical (unpaired) electrons. The van der Waals surface area contributed by atoms with Gasteiger partial charge in [-0.2, -0.15) is 9.97 Å². The van der Waals surface area contributed by atoms with Gasteiger partial charge in [0.2, 0.25) is 5.95 Å². The van der Waals surface area contributed by atoms with E-state index in [1.54, 1.807) is 4.57 Å². The second-order valence-corrected chi connectivity index (χ2v) is 10.5. The van der Waals surface area contributed by atoms with Gasteiger partial charge in [-0.1, -0.05) is 127 Å². The van der Waals surface area contributed by atoms with E-state index in [4.69, 9.17) is 15.0 Å². The summed E-state index contributed by atoms with van der Waals surface area (Å²) in [6.45, 7) is 0. The van der Waals surface area contributed by atoms with Crippen molar-refractivity contribution in [2.75, 3.05) is 0 Å². The van der Waals surface area contributed by atoms with Gasteiger partial charge in [0.05, 0.1) is 16.7 Å². The van der Waals surface area contributed by atoms with E-state index in [0.717, 1.165) is 39.0 Å². The Morgan fingerprint density at radius 1 is 0.409 bits per heavy atom. The molecule has 0 bridgehead atoms. The number of benzene rings is 5. The molecule has 0 N–H and O–H groups in total. The Kier molecular flexibility index (Phi) is 6.16. The minimum absolute atomic E-state index is 0.212. The zero-order valence-electron chi connectivity index (χ0n) is 23.6. The van der Waals surface area contributed by atoms with Crippen molar-refractivity contribution in [1.82, 2.24) is 23.9 Å². The normalized spacial score (nSPS) is 11.3. The molecule has 5 aromatic carbocycles. The second kappa shape index (κ2) is 10.6. The summed E-state index contributed by atoms with van der Waals surface area (Å²) < 4.78 is 3.67. The van der Waals surface area contributed by atoms with E-state index in [1.807, 2.05) is 126 Å². The van der Waals surface area contributed by atoms with Crippen LogP contribution in [-0.4, -0.2) is 23.9 Å². The van der Waals surface area contributed by atoms with Gasteiger partial charge in [-0.3, -0.25) is 4.79 Å². The van der Waals surface area contributed by atoms with E-state index in [9.17, 15) is 4.79 Å². The maximum absolute atomic E-state index is 14.5. The highest BCUT2D eigenvalue weighted by Gasteiger charge is 2.20. The third-order valence-corrected chi connectivity index (χ3v) is 7.82. The lowest BCUT2D eigenvalue weighted by Crippen LogP contribution is -2.24. The first kappa shape index (κ1) is 25.6. The van der Waals surface area contributed by atoms with Crippen molar-refractivity contribution < 1.29 is 0 Å². The van der Waals surface area contributed by atoms with Crippen LogP contribution >= 0.6 is 0 Å². The molecule has 0 spiro atoms. The molecule has 3 heterocycles. The van der Waals surface area contributed by atoms with Crippen LogP contribution in [0.1, 0.15) is 0 Å². The number of rotatable bonds is 5. The topological polar surface area (TPSA) is 65.1 Å². The van der Waals surface area contributed by atoms with Crippen LogP contribution in [-0.2, 0) is 0 Å². The Morgan fingerprint density at radius 3 is 1.48 bits per heavy atom. The van der Waals surface area contributed by atoms with Gasteiger partial charge in [-0.05, 0) is 41.0 Å². The van der Waals surface area contributed by atoms with Crippen LogP contribution in [0.25, 0.3) is 67.7 Å². The molecular formula is C38H25N5O. The summed E-state index contributed by atoms with van der Waals surface area (Å²) in [4.78, 5) is 29.1. The van der Waals surface area contributed by atoms with E-state index in [2.05, 4.69) is 30.3 Å². The number of hydrogen-bond acceptors (Lipinski definition) is 4. The van der Waals surface area contributed by atoms with Gasteiger partial charge in [0.1, 0.15) is 5.52 Å². The number of aromatic nitrogens is 5. The summed E-state index contributed by atoms with van der Waals surface area (Å²) in [7, 11) is 0. The summed E-state index contributed by atoms with van der Waals surface area (Å²) in [5, 5.41) is 0. The highest BCUT2D eigenvalue weighted by molar-refractivity contribution is 5.88. The van der Waals surface area contributed by atoms with Crippen molar-refractivity contribution in [3.05, 3.63) is 162 Å². The number of fused-ring (bicyclic) bond motifs is 3. The van der Waals surface area contributed by atoms with Gasteiger partial charge in [0.25, 0.3) is 5.56 Å². The van der Waals surface area contributed by atoms with Crippen molar-refractivity contribution in [2.24, 2.45) is 0 Å². The first-order valence-electron chi connectivity index (χ1n) is 14.4. The summed E-state index contributed by atoms with van der Waals surface area (Å²) >= 11 is 0. The first-order valence-corrected chi connectivity index (χ1v) is 14.4. The minimum Gasteiger partial charge on any atom is -0.303 e. The Hall–Kier alpha value is -6.14. The van der Waals surface area contributed by atoms with Crippen LogP contribution in [0.15, 0.2) is 156 Å². The van der Waals surface area contributed by atoms with E-state index in [1.165, 1.54) is 0 Å². The lowest BCUT2D eigenvalue weighted by molar-refractivity contribution is 0.897. The van der Waals surface area contributed by atoms with Crippen molar-refractivity contribution in [2.45, 2.75) is 0 Å². The summed E-state index contributed by atoms with van der Waals surface area (Å²) in [6.07, 6.45) is 0. The average molecular weight is 568 g/mol. The van der Waals surface area contributed by atoms with E-state index >= 15 is 0 Å². The lowest BCUT2D eigenvalue weighted by atomic mass is 10.0. The molecule has 0 fully saturated rings. The molecular weight excluding hydrogens is 542 g/mol. The monoisotopic (exact) mass is 567 g/mol. The van der Waals surface area contributed by atoms with Gasteiger partial charge >= 0.3 is 0 Å². The quantitative estimate of drug-likeness (QED) is 0.211. The SMILES string of the molecule is O=c1c2ccc(-c3ccccc3)n2c2cc(-c3ccccc3)ccc2n1-c1nc(-c2ccccc2)nc(-c2ccccc2)n1. The first-order chi connectivity index (χ1) is 21.7. The summed E-state index contributed by atoms with van der Waals surface area (Å²) in [5.41, 5.74) is 7.65. The Bertz CT molecular complexity index is 2270. The van der Waals surface area contributed by atoms with Crippen LogP contribution in [0.5, 0.6) is 0 Å². The van der Waals surface area contributed by atoms with Gasteiger partial charge in [-0.25, -0.2) is 9.55 Å². The lowest BCUT2D eigenvalue weighted by Gasteiger charge is -2.16. The molecule has 44 heavy (non-hydrogen) atoms. The zero-order chi connectivity index (χ0) is 29.5. The van der Waals surface area contributed by atoms with Crippen molar-refractivity contribution in [3.8, 4) is 51.1 Å². The van der Waals surface area contributed by atoms with Crippen LogP contribution in [0.3, 0.4) is 0 Å².